The van der Waals surface area contributed by atoms with Crippen LogP contribution < -0.4 is 10.2 Å². The molecule has 2 rings (SSSR count). The van der Waals surface area contributed by atoms with Crippen molar-refractivity contribution in [2.75, 3.05) is 36.0 Å². The molecule has 0 aromatic carbocycles. The monoisotopic (exact) mass is 237 g/mol. The van der Waals surface area contributed by atoms with Crippen LogP contribution in [0.2, 0.25) is 0 Å². The summed E-state index contributed by atoms with van der Waals surface area (Å²) in [6.07, 6.45) is 1.92. The summed E-state index contributed by atoms with van der Waals surface area (Å²) in [5, 5.41) is 3.34. The fraction of sp³-hybridized carbons (Fsp3) is 0.583. The maximum absolute atomic E-state index is 4.46. The van der Waals surface area contributed by atoms with Crippen LogP contribution in [0.5, 0.6) is 0 Å². The quantitative estimate of drug-likeness (QED) is 0.863. The van der Waals surface area contributed by atoms with Crippen LogP contribution in [0.15, 0.2) is 18.3 Å². The smallest absolute Gasteiger partial charge is 0.128 e. The first-order valence-electron chi connectivity index (χ1n) is 5.88. The number of anilines is 1. The Labute approximate surface area is 102 Å². The number of thioether (sulfide) groups is 1. The molecule has 1 saturated heterocycles. The molecule has 0 spiro atoms. The second-order valence-corrected chi connectivity index (χ2v) is 5.13. The molecule has 3 nitrogen and oxygen atoms in total. The molecule has 1 aromatic heterocycles. The molecule has 16 heavy (non-hydrogen) atoms. The molecule has 0 aliphatic carbocycles. The zero-order valence-corrected chi connectivity index (χ0v) is 10.6. The van der Waals surface area contributed by atoms with Crippen molar-refractivity contribution in [3.63, 3.8) is 0 Å². The van der Waals surface area contributed by atoms with E-state index in [1.165, 1.54) is 17.1 Å². The van der Waals surface area contributed by atoms with Gasteiger partial charge in [0.2, 0.25) is 0 Å². The van der Waals surface area contributed by atoms with Gasteiger partial charge in [-0.1, -0.05) is 6.92 Å². The lowest BCUT2D eigenvalue weighted by Crippen LogP contribution is -2.33. The minimum absolute atomic E-state index is 0.939. The number of hydrogen-bond donors (Lipinski definition) is 1. The van der Waals surface area contributed by atoms with Gasteiger partial charge in [-0.25, -0.2) is 4.98 Å². The number of nitrogens with zero attached hydrogens (tertiary/aromatic N) is 2. The molecule has 0 saturated carbocycles. The normalized spacial score (nSPS) is 16.4. The van der Waals surface area contributed by atoms with E-state index in [4.69, 9.17) is 0 Å². The maximum Gasteiger partial charge on any atom is 0.128 e. The summed E-state index contributed by atoms with van der Waals surface area (Å²) in [5.41, 5.74) is 1.32. The zero-order chi connectivity index (χ0) is 11.2. The lowest BCUT2D eigenvalue weighted by Gasteiger charge is -2.27. The summed E-state index contributed by atoms with van der Waals surface area (Å²) in [4.78, 5) is 6.84. The van der Waals surface area contributed by atoms with Crippen LogP contribution in [0.1, 0.15) is 12.5 Å². The number of pyridine rings is 1. The van der Waals surface area contributed by atoms with Crippen molar-refractivity contribution in [1.82, 2.24) is 10.3 Å². The van der Waals surface area contributed by atoms with E-state index in [1.54, 1.807) is 0 Å². The maximum atomic E-state index is 4.46. The summed E-state index contributed by atoms with van der Waals surface area (Å²) in [6, 6.07) is 4.30. The van der Waals surface area contributed by atoms with Gasteiger partial charge in [0, 0.05) is 37.3 Å². The minimum Gasteiger partial charge on any atom is -0.355 e. The van der Waals surface area contributed by atoms with Crippen LogP contribution >= 0.6 is 11.8 Å². The Morgan fingerprint density at radius 1 is 1.44 bits per heavy atom. The lowest BCUT2D eigenvalue weighted by molar-refractivity contribution is 0.724. The van der Waals surface area contributed by atoms with Crippen LogP contribution in [0.3, 0.4) is 0 Å². The van der Waals surface area contributed by atoms with E-state index < -0.39 is 0 Å². The standard InChI is InChI=1S/C12H19N3S/c1-2-13-10-11-3-4-14-12(9-11)15-5-7-16-8-6-15/h3-4,9,13H,2,5-8,10H2,1H3. The second-order valence-electron chi connectivity index (χ2n) is 3.90. The number of hydrogen-bond acceptors (Lipinski definition) is 4. The molecule has 1 aliphatic heterocycles. The highest BCUT2D eigenvalue weighted by molar-refractivity contribution is 7.99. The van der Waals surface area contributed by atoms with Crippen LogP contribution in [0.4, 0.5) is 5.82 Å². The summed E-state index contributed by atoms with van der Waals surface area (Å²) in [5.74, 6) is 3.58. The molecule has 1 fully saturated rings. The second kappa shape index (κ2) is 6.11. The number of rotatable bonds is 4. The van der Waals surface area contributed by atoms with E-state index in [-0.39, 0.29) is 0 Å². The topological polar surface area (TPSA) is 28.2 Å². The summed E-state index contributed by atoms with van der Waals surface area (Å²) < 4.78 is 0. The van der Waals surface area contributed by atoms with Crippen molar-refractivity contribution in [3.05, 3.63) is 23.9 Å². The molecule has 0 unspecified atom stereocenters. The van der Waals surface area contributed by atoms with Gasteiger partial charge in [0.1, 0.15) is 5.82 Å². The van der Waals surface area contributed by atoms with E-state index in [2.05, 4.69) is 34.3 Å². The third-order valence-electron chi connectivity index (χ3n) is 2.72. The molecule has 0 radical (unpaired) electrons. The first-order chi connectivity index (χ1) is 7.90. The van der Waals surface area contributed by atoms with Gasteiger partial charge in [-0.05, 0) is 24.2 Å². The summed E-state index contributed by atoms with van der Waals surface area (Å²) >= 11 is 2.03. The lowest BCUT2D eigenvalue weighted by atomic mass is 10.2. The molecule has 1 aliphatic rings. The van der Waals surface area contributed by atoms with Crippen LogP contribution in [0.25, 0.3) is 0 Å². The molecule has 1 N–H and O–H groups in total. The largest absolute Gasteiger partial charge is 0.355 e. The van der Waals surface area contributed by atoms with Gasteiger partial charge in [-0.2, -0.15) is 11.8 Å². The molecular weight excluding hydrogens is 218 g/mol. The Morgan fingerprint density at radius 2 is 2.25 bits per heavy atom. The molecule has 0 atom stereocenters. The van der Waals surface area contributed by atoms with E-state index in [0.29, 0.717) is 0 Å². The fourth-order valence-electron chi connectivity index (χ4n) is 1.81. The van der Waals surface area contributed by atoms with Gasteiger partial charge >= 0.3 is 0 Å². The average Bonchev–Trinajstić information content (AvgIpc) is 2.38. The van der Waals surface area contributed by atoms with Crippen molar-refractivity contribution in [3.8, 4) is 0 Å². The Kier molecular flexibility index (Phi) is 4.48. The van der Waals surface area contributed by atoms with Gasteiger partial charge in [-0.15, -0.1) is 0 Å². The van der Waals surface area contributed by atoms with Gasteiger partial charge in [0.15, 0.2) is 0 Å². The summed E-state index contributed by atoms with van der Waals surface area (Å²) in [6.45, 7) is 6.33. The van der Waals surface area contributed by atoms with Gasteiger partial charge in [0.05, 0.1) is 0 Å². The van der Waals surface area contributed by atoms with Crippen molar-refractivity contribution in [1.29, 1.82) is 0 Å². The third-order valence-corrected chi connectivity index (χ3v) is 3.67. The van der Waals surface area contributed by atoms with Crippen LogP contribution in [-0.2, 0) is 6.54 Å². The van der Waals surface area contributed by atoms with Crippen molar-refractivity contribution in [2.24, 2.45) is 0 Å². The van der Waals surface area contributed by atoms with Crippen molar-refractivity contribution < 1.29 is 0 Å². The van der Waals surface area contributed by atoms with Gasteiger partial charge < -0.3 is 10.2 Å². The summed E-state index contributed by atoms with van der Waals surface area (Å²) in [7, 11) is 0. The van der Waals surface area contributed by atoms with Gasteiger partial charge in [0.25, 0.3) is 0 Å². The first kappa shape index (κ1) is 11.7. The Bertz CT molecular complexity index is 324. The highest BCUT2D eigenvalue weighted by Crippen LogP contribution is 2.17. The number of nitrogens with one attached hydrogen (secondary N) is 1. The number of aromatic nitrogens is 1. The predicted molar refractivity (Wildman–Crippen MR) is 71.2 cm³/mol. The molecule has 0 amide bonds. The van der Waals surface area contributed by atoms with E-state index in [9.17, 15) is 0 Å². The van der Waals surface area contributed by atoms with Gasteiger partial charge in [-0.3, -0.25) is 0 Å². The average molecular weight is 237 g/mol. The molecule has 88 valence electrons. The third kappa shape index (κ3) is 3.12. The van der Waals surface area contributed by atoms with Crippen molar-refractivity contribution in [2.45, 2.75) is 13.5 Å². The SMILES string of the molecule is CCNCc1ccnc(N2CCSCC2)c1. The van der Waals surface area contributed by atoms with Crippen molar-refractivity contribution >= 4 is 17.6 Å². The minimum atomic E-state index is 0.939. The molecule has 1 aromatic rings. The molecular formula is C12H19N3S. The highest BCUT2D eigenvalue weighted by atomic mass is 32.2. The Morgan fingerprint density at radius 3 is 3.00 bits per heavy atom. The first-order valence-corrected chi connectivity index (χ1v) is 7.04. The molecule has 4 heteroatoms. The van der Waals surface area contributed by atoms with E-state index in [0.717, 1.165) is 32.0 Å². The highest BCUT2D eigenvalue weighted by Gasteiger charge is 2.12. The Balaban J connectivity index is 2.02. The van der Waals surface area contributed by atoms with E-state index in [1.807, 2.05) is 18.0 Å². The predicted octanol–water partition coefficient (Wildman–Crippen LogP) is 1.74. The Hall–Kier alpha value is -0.740. The van der Waals surface area contributed by atoms with Crippen LogP contribution in [0, 0.1) is 0 Å². The van der Waals surface area contributed by atoms with E-state index >= 15 is 0 Å². The zero-order valence-electron chi connectivity index (χ0n) is 9.78. The molecule has 2 heterocycles. The fourth-order valence-corrected chi connectivity index (χ4v) is 2.71. The van der Waals surface area contributed by atoms with Crippen LogP contribution in [-0.4, -0.2) is 36.1 Å². The molecule has 0 bridgehead atoms.